The highest BCUT2D eigenvalue weighted by molar-refractivity contribution is 5.90. The molecular weight excluding hydrogens is 256 g/mol. The first-order valence-electron chi connectivity index (χ1n) is 6.97. The molecule has 2 aromatic carbocycles. The third-order valence-electron chi connectivity index (χ3n) is 3.37. The van der Waals surface area contributed by atoms with E-state index in [9.17, 15) is 5.26 Å². The van der Waals surface area contributed by atoms with Gasteiger partial charge in [-0.05, 0) is 43.2 Å². The maximum Gasteiger partial charge on any atom is 0.0998 e. The number of hydrogen-bond donors (Lipinski definition) is 0. The molecule has 2 aromatic rings. The van der Waals surface area contributed by atoms with Crippen molar-refractivity contribution in [1.29, 1.82) is 5.26 Å². The fourth-order valence-electron chi connectivity index (χ4n) is 2.35. The number of anilines is 1. The van der Waals surface area contributed by atoms with Crippen molar-refractivity contribution < 1.29 is 0 Å². The summed E-state index contributed by atoms with van der Waals surface area (Å²) in [5.41, 5.74) is 6.21. The number of rotatable bonds is 3. The zero-order valence-electron chi connectivity index (χ0n) is 13.0. The van der Waals surface area contributed by atoms with E-state index in [4.69, 9.17) is 0 Å². The first-order chi connectivity index (χ1) is 9.99. The van der Waals surface area contributed by atoms with Crippen LogP contribution in [-0.4, -0.2) is 14.1 Å². The molecule has 0 saturated carbocycles. The summed E-state index contributed by atoms with van der Waals surface area (Å²) in [7, 11) is 4.03. The van der Waals surface area contributed by atoms with Crippen molar-refractivity contribution in [3.63, 3.8) is 0 Å². The Labute approximate surface area is 127 Å². The van der Waals surface area contributed by atoms with Crippen LogP contribution in [0.5, 0.6) is 0 Å². The first-order valence-corrected chi connectivity index (χ1v) is 6.97. The van der Waals surface area contributed by atoms with Gasteiger partial charge in [-0.15, -0.1) is 0 Å². The van der Waals surface area contributed by atoms with Gasteiger partial charge in [-0.2, -0.15) is 5.26 Å². The lowest BCUT2D eigenvalue weighted by Crippen LogP contribution is -2.07. The second-order valence-corrected chi connectivity index (χ2v) is 5.53. The lowest BCUT2D eigenvalue weighted by molar-refractivity contribution is 1.13. The van der Waals surface area contributed by atoms with Gasteiger partial charge in [0.15, 0.2) is 0 Å². The minimum atomic E-state index is 0.694. The molecule has 21 heavy (non-hydrogen) atoms. The predicted molar refractivity (Wildman–Crippen MR) is 90.2 cm³/mol. The van der Waals surface area contributed by atoms with E-state index in [1.165, 1.54) is 11.1 Å². The monoisotopic (exact) mass is 276 g/mol. The summed E-state index contributed by atoms with van der Waals surface area (Å²) in [5.74, 6) is 0. The van der Waals surface area contributed by atoms with Crippen molar-refractivity contribution in [2.45, 2.75) is 13.8 Å². The van der Waals surface area contributed by atoms with Crippen LogP contribution in [0.3, 0.4) is 0 Å². The Kier molecular flexibility index (Phi) is 4.45. The van der Waals surface area contributed by atoms with E-state index in [1.807, 2.05) is 32.3 Å². The summed E-state index contributed by atoms with van der Waals surface area (Å²) in [5, 5.41) is 9.44. The Bertz CT molecular complexity index is 681. The molecule has 0 bridgehead atoms. The molecule has 0 fully saturated rings. The van der Waals surface area contributed by atoms with Crippen LogP contribution in [0.15, 0.2) is 42.5 Å². The number of benzene rings is 2. The number of allylic oxidation sites excluding steroid dienone is 1. The largest absolute Gasteiger partial charge is 0.378 e. The van der Waals surface area contributed by atoms with E-state index in [0.717, 1.165) is 16.8 Å². The van der Waals surface area contributed by atoms with Gasteiger partial charge in [0.1, 0.15) is 0 Å². The van der Waals surface area contributed by atoms with Crippen molar-refractivity contribution >= 4 is 17.3 Å². The molecule has 0 N–H and O–H groups in total. The fourth-order valence-corrected chi connectivity index (χ4v) is 2.35. The maximum atomic E-state index is 9.44. The number of nitrogens with zero attached hydrogens (tertiary/aromatic N) is 2. The second-order valence-electron chi connectivity index (χ2n) is 5.53. The summed E-state index contributed by atoms with van der Waals surface area (Å²) in [6.45, 7) is 4.11. The van der Waals surface area contributed by atoms with Crippen molar-refractivity contribution in [2.24, 2.45) is 0 Å². The smallest absolute Gasteiger partial charge is 0.0998 e. The van der Waals surface area contributed by atoms with Gasteiger partial charge in [-0.1, -0.05) is 41.5 Å². The quantitative estimate of drug-likeness (QED) is 0.612. The molecule has 0 spiro atoms. The topological polar surface area (TPSA) is 27.0 Å². The highest BCUT2D eigenvalue weighted by Crippen LogP contribution is 2.21. The Morgan fingerprint density at radius 1 is 1.00 bits per heavy atom. The van der Waals surface area contributed by atoms with Gasteiger partial charge in [0.2, 0.25) is 0 Å². The van der Waals surface area contributed by atoms with Crippen LogP contribution in [0.2, 0.25) is 0 Å². The molecule has 0 heterocycles. The highest BCUT2D eigenvalue weighted by Gasteiger charge is 2.03. The van der Waals surface area contributed by atoms with E-state index in [-0.39, 0.29) is 0 Å². The molecule has 2 heteroatoms. The van der Waals surface area contributed by atoms with Crippen molar-refractivity contribution in [2.75, 3.05) is 19.0 Å². The molecule has 0 aliphatic heterocycles. The number of hydrogen-bond acceptors (Lipinski definition) is 2. The van der Waals surface area contributed by atoms with Gasteiger partial charge in [0, 0.05) is 19.8 Å². The average Bonchev–Trinajstić information content (AvgIpc) is 2.44. The van der Waals surface area contributed by atoms with Gasteiger partial charge in [0.05, 0.1) is 11.6 Å². The van der Waals surface area contributed by atoms with Crippen molar-refractivity contribution in [3.05, 3.63) is 64.7 Å². The van der Waals surface area contributed by atoms with E-state index in [0.29, 0.717) is 5.57 Å². The van der Waals surface area contributed by atoms with Crippen LogP contribution in [0.4, 0.5) is 5.69 Å². The van der Waals surface area contributed by atoms with Gasteiger partial charge in [-0.3, -0.25) is 0 Å². The molecule has 0 atom stereocenters. The van der Waals surface area contributed by atoms with Gasteiger partial charge in [-0.25, -0.2) is 0 Å². The third-order valence-corrected chi connectivity index (χ3v) is 3.37. The van der Waals surface area contributed by atoms with Gasteiger partial charge < -0.3 is 4.90 Å². The van der Waals surface area contributed by atoms with Crippen LogP contribution in [0, 0.1) is 25.2 Å². The van der Waals surface area contributed by atoms with E-state index < -0.39 is 0 Å². The molecule has 0 saturated heterocycles. The Hall–Kier alpha value is -2.53. The second kappa shape index (κ2) is 6.28. The van der Waals surface area contributed by atoms with E-state index in [2.05, 4.69) is 55.1 Å². The van der Waals surface area contributed by atoms with Crippen LogP contribution in [-0.2, 0) is 0 Å². The molecule has 0 unspecified atom stereocenters. The van der Waals surface area contributed by atoms with Crippen LogP contribution in [0.1, 0.15) is 22.3 Å². The number of nitriles is 1. The average molecular weight is 276 g/mol. The molecule has 0 radical (unpaired) electrons. The Morgan fingerprint density at radius 2 is 1.57 bits per heavy atom. The first kappa shape index (κ1) is 14.9. The van der Waals surface area contributed by atoms with Gasteiger partial charge in [0.25, 0.3) is 0 Å². The van der Waals surface area contributed by atoms with Crippen LogP contribution >= 0.6 is 0 Å². The predicted octanol–water partition coefficient (Wildman–Crippen LogP) is 4.43. The fraction of sp³-hybridized carbons (Fsp3) is 0.211. The summed E-state index contributed by atoms with van der Waals surface area (Å²) < 4.78 is 0. The molecule has 2 nitrogen and oxygen atoms in total. The van der Waals surface area contributed by atoms with Crippen molar-refractivity contribution in [3.8, 4) is 6.07 Å². The highest BCUT2D eigenvalue weighted by atomic mass is 15.1. The van der Waals surface area contributed by atoms with E-state index in [1.54, 1.807) is 0 Å². The summed E-state index contributed by atoms with van der Waals surface area (Å²) in [6, 6.07) is 16.7. The molecule has 0 aliphatic rings. The standard InChI is InChI=1S/C19H20N2/c1-14-9-15(2)11-17(10-14)18(13-20)12-16-5-7-19(8-6-16)21(3)4/h5-12H,1-4H3/b18-12+. The minimum absolute atomic E-state index is 0.694. The zero-order valence-corrected chi connectivity index (χ0v) is 13.0. The lowest BCUT2D eigenvalue weighted by Gasteiger charge is -2.12. The molecule has 106 valence electrons. The SMILES string of the molecule is Cc1cc(C)cc(/C(C#N)=C/c2ccc(N(C)C)cc2)c1. The summed E-state index contributed by atoms with van der Waals surface area (Å²) >= 11 is 0. The van der Waals surface area contributed by atoms with E-state index >= 15 is 0 Å². The lowest BCUT2D eigenvalue weighted by atomic mass is 9.99. The number of aryl methyl sites for hydroxylation is 2. The van der Waals surface area contributed by atoms with Crippen LogP contribution in [0.25, 0.3) is 11.6 Å². The molecular formula is C19H20N2. The normalized spacial score (nSPS) is 11.1. The van der Waals surface area contributed by atoms with Gasteiger partial charge >= 0.3 is 0 Å². The Balaban J connectivity index is 2.38. The minimum Gasteiger partial charge on any atom is -0.378 e. The molecule has 0 aliphatic carbocycles. The zero-order chi connectivity index (χ0) is 15.4. The summed E-state index contributed by atoms with van der Waals surface area (Å²) in [6.07, 6.45) is 1.94. The maximum absolute atomic E-state index is 9.44. The Morgan fingerprint density at radius 3 is 2.05 bits per heavy atom. The third kappa shape index (κ3) is 3.73. The van der Waals surface area contributed by atoms with Crippen LogP contribution < -0.4 is 4.90 Å². The molecule has 2 rings (SSSR count). The molecule has 0 aromatic heterocycles. The van der Waals surface area contributed by atoms with Crippen molar-refractivity contribution in [1.82, 2.24) is 0 Å². The summed E-state index contributed by atoms with van der Waals surface area (Å²) in [4.78, 5) is 2.06. The molecule has 0 amide bonds.